The summed E-state index contributed by atoms with van der Waals surface area (Å²) in [5.74, 6) is 0. The Morgan fingerprint density at radius 3 is 2.27 bits per heavy atom. The van der Waals surface area contributed by atoms with Gasteiger partial charge >= 0.3 is 6.09 Å². The Morgan fingerprint density at radius 1 is 1.33 bits per heavy atom. The van der Waals surface area contributed by atoms with Crippen LogP contribution in [0, 0.1) is 5.41 Å². The summed E-state index contributed by atoms with van der Waals surface area (Å²) in [7, 11) is 0. The van der Waals surface area contributed by atoms with E-state index in [-0.39, 0.29) is 11.5 Å². The first kappa shape index (κ1) is 14.0. The molecule has 0 heterocycles. The molecule has 0 aromatic carbocycles. The van der Waals surface area contributed by atoms with E-state index in [2.05, 4.69) is 25.7 Å². The molecule has 88 valence electrons. The van der Waals surface area contributed by atoms with Crippen molar-refractivity contribution in [2.75, 3.05) is 6.54 Å². The third-order valence-corrected chi connectivity index (χ3v) is 1.99. The van der Waals surface area contributed by atoms with E-state index in [9.17, 15) is 4.79 Å². The van der Waals surface area contributed by atoms with Crippen molar-refractivity contribution in [1.29, 1.82) is 0 Å². The topological polar surface area (TPSA) is 38.3 Å². The maximum atomic E-state index is 11.3. The molecule has 0 aliphatic carbocycles. The first-order valence-electron chi connectivity index (χ1n) is 5.27. The highest BCUT2D eigenvalue weighted by molar-refractivity contribution is 5.67. The van der Waals surface area contributed by atoms with E-state index < -0.39 is 5.60 Å². The molecule has 1 amide bonds. The maximum Gasteiger partial charge on any atom is 0.407 e. The van der Waals surface area contributed by atoms with Crippen molar-refractivity contribution >= 4 is 6.09 Å². The Bertz CT molecular complexity index is 226. The molecule has 0 unspecified atom stereocenters. The summed E-state index contributed by atoms with van der Waals surface area (Å²) in [5, 5.41) is 2.72. The Kier molecular flexibility index (Phi) is 4.85. The molecule has 0 aliphatic heterocycles. The van der Waals surface area contributed by atoms with Gasteiger partial charge in [-0.1, -0.05) is 19.9 Å². The van der Waals surface area contributed by atoms with E-state index in [1.54, 1.807) is 0 Å². The van der Waals surface area contributed by atoms with Gasteiger partial charge in [-0.3, -0.25) is 0 Å². The van der Waals surface area contributed by atoms with E-state index in [1.807, 2.05) is 26.8 Å². The molecule has 0 atom stereocenters. The minimum absolute atomic E-state index is 0.0506. The molecule has 0 saturated heterocycles. The molecule has 0 aliphatic rings. The van der Waals surface area contributed by atoms with Gasteiger partial charge in [-0.25, -0.2) is 4.79 Å². The SMILES string of the molecule is C=CC(C)(C)CCNC(=O)OC(C)(C)C. The summed E-state index contributed by atoms with van der Waals surface area (Å²) in [6, 6.07) is 0. The average Bonchev–Trinajstić information content (AvgIpc) is 2.00. The minimum atomic E-state index is -0.433. The Balaban J connectivity index is 3.79. The van der Waals surface area contributed by atoms with Crippen LogP contribution in [0.25, 0.3) is 0 Å². The second-order valence-electron chi connectivity index (χ2n) is 5.37. The number of hydrogen-bond donors (Lipinski definition) is 1. The summed E-state index contributed by atoms with van der Waals surface area (Å²) in [4.78, 5) is 11.3. The summed E-state index contributed by atoms with van der Waals surface area (Å²) < 4.78 is 5.11. The molecule has 0 saturated carbocycles. The molecule has 0 rings (SSSR count). The van der Waals surface area contributed by atoms with Crippen molar-refractivity contribution in [3.05, 3.63) is 12.7 Å². The Labute approximate surface area is 92.9 Å². The quantitative estimate of drug-likeness (QED) is 0.729. The summed E-state index contributed by atoms with van der Waals surface area (Å²) >= 11 is 0. The number of rotatable bonds is 4. The predicted octanol–water partition coefficient (Wildman–Crippen LogP) is 3.11. The zero-order chi connectivity index (χ0) is 12.1. The Hall–Kier alpha value is -0.990. The van der Waals surface area contributed by atoms with Crippen LogP contribution in [-0.4, -0.2) is 18.2 Å². The summed E-state index contributed by atoms with van der Waals surface area (Å²) in [6.45, 7) is 14.1. The molecule has 0 aromatic rings. The lowest BCUT2D eigenvalue weighted by Crippen LogP contribution is -2.34. The van der Waals surface area contributed by atoms with Gasteiger partial charge in [0.2, 0.25) is 0 Å². The fraction of sp³-hybridized carbons (Fsp3) is 0.750. The third-order valence-electron chi connectivity index (χ3n) is 1.99. The number of carbonyl (C=O) groups excluding carboxylic acids is 1. The minimum Gasteiger partial charge on any atom is -0.444 e. The maximum absolute atomic E-state index is 11.3. The highest BCUT2D eigenvalue weighted by Crippen LogP contribution is 2.20. The molecule has 3 nitrogen and oxygen atoms in total. The fourth-order valence-corrected chi connectivity index (χ4v) is 0.903. The molecule has 0 spiro atoms. The van der Waals surface area contributed by atoms with E-state index >= 15 is 0 Å². The number of hydrogen-bond acceptors (Lipinski definition) is 2. The third kappa shape index (κ3) is 8.03. The average molecular weight is 213 g/mol. The van der Waals surface area contributed by atoms with Gasteiger partial charge in [0.25, 0.3) is 0 Å². The van der Waals surface area contributed by atoms with E-state index in [0.29, 0.717) is 6.54 Å². The van der Waals surface area contributed by atoms with Gasteiger partial charge < -0.3 is 10.1 Å². The molecular weight excluding hydrogens is 190 g/mol. The summed E-state index contributed by atoms with van der Waals surface area (Å²) in [6.07, 6.45) is 2.39. The first-order chi connectivity index (χ1) is 6.66. The van der Waals surface area contributed by atoms with Gasteiger partial charge in [-0.05, 0) is 32.6 Å². The van der Waals surface area contributed by atoms with Crippen LogP contribution in [0.2, 0.25) is 0 Å². The smallest absolute Gasteiger partial charge is 0.407 e. The molecule has 0 aromatic heterocycles. The monoisotopic (exact) mass is 213 g/mol. The van der Waals surface area contributed by atoms with Crippen molar-refractivity contribution in [2.24, 2.45) is 5.41 Å². The van der Waals surface area contributed by atoms with Crippen LogP contribution in [0.5, 0.6) is 0 Å². The lowest BCUT2D eigenvalue weighted by molar-refractivity contribution is 0.0524. The van der Waals surface area contributed by atoms with Crippen LogP contribution in [0.15, 0.2) is 12.7 Å². The van der Waals surface area contributed by atoms with Crippen LogP contribution in [0.3, 0.4) is 0 Å². The zero-order valence-electron chi connectivity index (χ0n) is 10.5. The second-order valence-corrected chi connectivity index (χ2v) is 5.37. The van der Waals surface area contributed by atoms with Crippen LogP contribution in [0.4, 0.5) is 4.79 Å². The lowest BCUT2D eigenvalue weighted by atomic mass is 9.90. The second kappa shape index (κ2) is 5.19. The van der Waals surface area contributed by atoms with E-state index in [4.69, 9.17) is 4.74 Å². The van der Waals surface area contributed by atoms with Gasteiger partial charge in [0, 0.05) is 6.54 Å². The number of allylic oxidation sites excluding steroid dienone is 1. The molecule has 0 bridgehead atoms. The van der Waals surface area contributed by atoms with Crippen molar-refractivity contribution in [1.82, 2.24) is 5.32 Å². The standard InChI is InChI=1S/C12H23NO2/c1-7-12(5,6)8-9-13-10(14)15-11(2,3)4/h7H,1,8-9H2,2-6H3,(H,13,14). The highest BCUT2D eigenvalue weighted by Gasteiger charge is 2.17. The molecule has 0 fully saturated rings. The number of amides is 1. The van der Waals surface area contributed by atoms with Gasteiger partial charge in [0.15, 0.2) is 0 Å². The molecular formula is C12H23NO2. The van der Waals surface area contributed by atoms with Crippen molar-refractivity contribution < 1.29 is 9.53 Å². The number of ether oxygens (including phenoxy) is 1. The van der Waals surface area contributed by atoms with Crippen molar-refractivity contribution in [3.8, 4) is 0 Å². The van der Waals surface area contributed by atoms with E-state index in [0.717, 1.165) is 6.42 Å². The molecule has 0 radical (unpaired) electrons. The number of alkyl carbamates (subject to hydrolysis) is 1. The number of nitrogens with one attached hydrogen (secondary N) is 1. The van der Waals surface area contributed by atoms with Gasteiger partial charge in [0.05, 0.1) is 0 Å². The Morgan fingerprint density at radius 2 is 1.87 bits per heavy atom. The van der Waals surface area contributed by atoms with Gasteiger partial charge in [-0.2, -0.15) is 0 Å². The van der Waals surface area contributed by atoms with Crippen molar-refractivity contribution in [3.63, 3.8) is 0 Å². The predicted molar refractivity (Wildman–Crippen MR) is 62.8 cm³/mol. The summed E-state index contributed by atoms with van der Waals surface area (Å²) in [5.41, 5.74) is -0.382. The van der Waals surface area contributed by atoms with Crippen LogP contribution < -0.4 is 5.32 Å². The highest BCUT2D eigenvalue weighted by atomic mass is 16.6. The normalized spacial score (nSPS) is 12.1. The largest absolute Gasteiger partial charge is 0.444 e. The van der Waals surface area contributed by atoms with Crippen molar-refractivity contribution in [2.45, 2.75) is 46.6 Å². The first-order valence-corrected chi connectivity index (χ1v) is 5.27. The van der Waals surface area contributed by atoms with E-state index in [1.165, 1.54) is 0 Å². The fourth-order valence-electron chi connectivity index (χ4n) is 0.903. The van der Waals surface area contributed by atoms with Gasteiger partial charge in [-0.15, -0.1) is 6.58 Å². The molecule has 1 N–H and O–H groups in total. The van der Waals surface area contributed by atoms with Crippen LogP contribution >= 0.6 is 0 Å². The zero-order valence-corrected chi connectivity index (χ0v) is 10.5. The lowest BCUT2D eigenvalue weighted by Gasteiger charge is -2.22. The molecule has 3 heteroatoms. The number of carbonyl (C=O) groups is 1. The van der Waals surface area contributed by atoms with Crippen LogP contribution in [-0.2, 0) is 4.74 Å². The molecule has 15 heavy (non-hydrogen) atoms. The van der Waals surface area contributed by atoms with Gasteiger partial charge in [0.1, 0.15) is 5.60 Å². The van der Waals surface area contributed by atoms with Crippen LogP contribution in [0.1, 0.15) is 41.0 Å².